The van der Waals surface area contributed by atoms with E-state index >= 15 is 0 Å². The number of aliphatic hydroxyl groups is 1. The highest BCUT2D eigenvalue weighted by Gasteiger charge is 2.24. The monoisotopic (exact) mass is 244 g/mol. The van der Waals surface area contributed by atoms with E-state index in [9.17, 15) is 9.59 Å². The van der Waals surface area contributed by atoms with Crippen molar-refractivity contribution < 1.29 is 19.4 Å². The second-order valence-corrected chi connectivity index (χ2v) is 4.23. The number of amides is 2. The topological polar surface area (TPSA) is 70.1 Å². The molecule has 0 aliphatic carbocycles. The van der Waals surface area contributed by atoms with Crippen molar-refractivity contribution in [2.24, 2.45) is 0 Å². The fraction of sp³-hybridized carbons (Fsp3) is 0.818. The van der Waals surface area contributed by atoms with Crippen LogP contribution in [-0.2, 0) is 9.53 Å². The zero-order valence-corrected chi connectivity index (χ0v) is 10.4. The molecule has 1 heterocycles. The Hall–Kier alpha value is -1.30. The number of ether oxygens (including phenoxy) is 1. The Labute approximate surface area is 101 Å². The minimum absolute atomic E-state index is 0.0374. The van der Waals surface area contributed by atoms with Gasteiger partial charge in [-0.2, -0.15) is 0 Å². The fourth-order valence-electron chi connectivity index (χ4n) is 1.76. The molecule has 1 N–H and O–H groups in total. The van der Waals surface area contributed by atoms with Crippen molar-refractivity contribution in [3.63, 3.8) is 0 Å². The average Bonchev–Trinajstić information content (AvgIpc) is 2.35. The molecule has 1 unspecified atom stereocenters. The van der Waals surface area contributed by atoms with Crippen LogP contribution < -0.4 is 0 Å². The predicted octanol–water partition coefficient (Wildman–Crippen LogP) is 0.0580. The van der Waals surface area contributed by atoms with Gasteiger partial charge in [0.15, 0.2) is 0 Å². The van der Waals surface area contributed by atoms with Crippen LogP contribution in [0.25, 0.3) is 0 Å². The highest BCUT2D eigenvalue weighted by atomic mass is 16.5. The molecule has 1 rings (SSSR count). The number of carbonyl (C=O) groups is 2. The summed E-state index contributed by atoms with van der Waals surface area (Å²) in [5.41, 5.74) is 0. The van der Waals surface area contributed by atoms with E-state index in [2.05, 4.69) is 4.74 Å². The van der Waals surface area contributed by atoms with Gasteiger partial charge in [-0.25, -0.2) is 4.79 Å². The highest BCUT2D eigenvalue weighted by Crippen LogP contribution is 2.07. The number of rotatable bonds is 3. The lowest BCUT2D eigenvalue weighted by Gasteiger charge is -2.34. The molecule has 1 aliphatic heterocycles. The van der Waals surface area contributed by atoms with Crippen LogP contribution >= 0.6 is 0 Å². The molecule has 0 bridgehead atoms. The summed E-state index contributed by atoms with van der Waals surface area (Å²) in [7, 11) is 1.35. The third-order valence-electron chi connectivity index (χ3n) is 2.84. The summed E-state index contributed by atoms with van der Waals surface area (Å²) in [6.45, 7) is 3.75. The van der Waals surface area contributed by atoms with Crippen LogP contribution in [0.4, 0.5) is 4.79 Å². The van der Waals surface area contributed by atoms with Crippen LogP contribution in [-0.4, -0.2) is 66.3 Å². The predicted molar refractivity (Wildman–Crippen MR) is 61.5 cm³/mol. The zero-order chi connectivity index (χ0) is 12.8. The molecule has 1 atom stereocenters. The summed E-state index contributed by atoms with van der Waals surface area (Å²) in [5, 5.41) is 9.11. The lowest BCUT2D eigenvalue weighted by atomic mass is 10.2. The van der Waals surface area contributed by atoms with E-state index in [4.69, 9.17) is 5.11 Å². The van der Waals surface area contributed by atoms with Gasteiger partial charge in [0.1, 0.15) is 0 Å². The van der Waals surface area contributed by atoms with Gasteiger partial charge in [0.2, 0.25) is 5.91 Å². The summed E-state index contributed by atoms with van der Waals surface area (Å²) in [4.78, 5) is 26.3. The molecule has 0 aromatic carbocycles. The lowest BCUT2D eigenvalue weighted by Crippen LogP contribution is -2.50. The van der Waals surface area contributed by atoms with Gasteiger partial charge < -0.3 is 19.6 Å². The number of carbonyl (C=O) groups excluding carboxylic acids is 2. The molecule has 2 amide bonds. The first-order chi connectivity index (χ1) is 8.04. The Morgan fingerprint density at radius 2 is 1.76 bits per heavy atom. The molecule has 0 aromatic heterocycles. The van der Waals surface area contributed by atoms with E-state index in [1.807, 2.05) is 0 Å². The minimum Gasteiger partial charge on any atom is -0.453 e. The maximum atomic E-state index is 11.7. The molecule has 0 saturated carbocycles. The van der Waals surface area contributed by atoms with Gasteiger partial charge in [0, 0.05) is 32.6 Å². The van der Waals surface area contributed by atoms with Crippen molar-refractivity contribution in [2.75, 3.05) is 33.3 Å². The van der Waals surface area contributed by atoms with Gasteiger partial charge in [0.25, 0.3) is 0 Å². The Morgan fingerprint density at radius 1 is 1.24 bits per heavy atom. The van der Waals surface area contributed by atoms with Crippen LogP contribution in [0.3, 0.4) is 0 Å². The highest BCUT2D eigenvalue weighted by molar-refractivity contribution is 5.76. The first kappa shape index (κ1) is 13.8. The van der Waals surface area contributed by atoms with Crippen molar-refractivity contribution in [2.45, 2.75) is 25.9 Å². The standard InChI is InChI=1S/C11H20N2O4/c1-9(14)3-4-10(15)12-5-7-13(8-6-12)11(16)17-2/h9,14H,3-8H2,1-2H3. The van der Waals surface area contributed by atoms with Crippen LogP contribution in [0.15, 0.2) is 0 Å². The van der Waals surface area contributed by atoms with Gasteiger partial charge in [-0.1, -0.05) is 0 Å². The number of aliphatic hydroxyl groups excluding tert-OH is 1. The molecule has 1 saturated heterocycles. The van der Waals surface area contributed by atoms with Crippen molar-refractivity contribution in [1.82, 2.24) is 9.80 Å². The van der Waals surface area contributed by atoms with Crippen molar-refractivity contribution in [3.8, 4) is 0 Å². The number of methoxy groups -OCH3 is 1. The van der Waals surface area contributed by atoms with Gasteiger partial charge in [0.05, 0.1) is 13.2 Å². The molecular weight excluding hydrogens is 224 g/mol. The number of hydrogen-bond acceptors (Lipinski definition) is 4. The molecule has 0 spiro atoms. The maximum absolute atomic E-state index is 11.7. The number of nitrogens with zero attached hydrogens (tertiary/aromatic N) is 2. The minimum atomic E-state index is -0.449. The van der Waals surface area contributed by atoms with E-state index in [-0.39, 0.29) is 12.0 Å². The quantitative estimate of drug-likeness (QED) is 0.762. The molecule has 6 nitrogen and oxygen atoms in total. The zero-order valence-electron chi connectivity index (χ0n) is 10.4. The molecule has 17 heavy (non-hydrogen) atoms. The molecule has 1 aliphatic rings. The molecule has 0 radical (unpaired) electrons. The molecule has 0 aromatic rings. The fourth-order valence-corrected chi connectivity index (χ4v) is 1.76. The largest absolute Gasteiger partial charge is 0.453 e. The SMILES string of the molecule is COC(=O)N1CCN(C(=O)CCC(C)O)CC1. The van der Waals surface area contributed by atoms with E-state index < -0.39 is 6.10 Å². The third-order valence-corrected chi connectivity index (χ3v) is 2.84. The van der Waals surface area contributed by atoms with E-state index in [1.54, 1.807) is 16.7 Å². The average molecular weight is 244 g/mol. The Bertz CT molecular complexity index is 273. The molecule has 98 valence electrons. The third kappa shape index (κ3) is 4.22. The van der Waals surface area contributed by atoms with Crippen LogP contribution in [0.5, 0.6) is 0 Å². The van der Waals surface area contributed by atoms with Gasteiger partial charge in [-0.05, 0) is 13.3 Å². The number of hydrogen-bond donors (Lipinski definition) is 1. The second kappa shape index (κ2) is 6.44. The van der Waals surface area contributed by atoms with Crippen LogP contribution in [0.2, 0.25) is 0 Å². The molecule has 6 heteroatoms. The van der Waals surface area contributed by atoms with Crippen LogP contribution in [0.1, 0.15) is 19.8 Å². The van der Waals surface area contributed by atoms with Crippen LogP contribution in [0, 0.1) is 0 Å². The Morgan fingerprint density at radius 3 is 2.24 bits per heavy atom. The Balaban J connectivity index is 2.31. The summed E-state index contributed by atoms with van der Waals surface area (Å²) in [6, 6.07) is 0. The van der Waals surface area contributed by atoms with Gasteiger partial charge >= 0.3 is 6.09 Å². The first-order valence-corrected chi connectivity index (χ1v) is 5.83. The van der Waals surface area contributed by atoms with E-state index in [0.717, 1.165) is 0 Å². The smallest absolute Gasteiger partial charge is 0.409 e. The van der Waals surface area contributed by atoms with E-state index in [1.165, 1.54) is 7.11 Å². The second-order valence-electron chi connectivity index (χ2n) is 4.23. The summed E-state index contributed by atoms with van der Waals surface area (Å²) in [6.07, 6.45) is 0.0442. The molecule has 1 fully saturated rings. The summed E-state index contributed by atoms with van der Waals surface area (Å²) < 4.78 is 4.61. The van der Waals surface area contributed by atoms with Gasteiger partial charge in [-0.3, -0.25) is 4.79 Å². The first-order valence-electron chi connectivity index (χ1n) is 5.83. The maximum Gasteiger partial charge on any atom is 0.409 e. The van der Waals surface area contributed by atoms with Crippen molar-refractivity contribution in [1.29, 1.82) is 0 Å². The molecular formula is C11H20N2O4. The van der Waals surface area contributed by atoms with Gasteiger partial charge in [-0.15, -0.1) is 0 Å². The normalized spacial score (nSPS) is 17.8. The summed E-state index contributed by atoms with van der Waals surface area (Å²) in [5.74, 6) is 0.0374. The number of piperazine rings is 1. The van der Waals surface area contributed by atoms with Crippen molar-refractivity contribution in [3.05, 3.63) is 0 Å². The van der Waals surface area contributed by atoms with Crippen molar-refractivity contribution >= 4 is 12.0 Å². The Kier molecular flexibility index (Phi) is 5.21. The lowest BCUT2D eigenvalue weighted by molar-refractivity contribution is -0.133. The summed E-state index contributed by atoms with van der Waals surface area (Å²) >= 11 is 0. The van der Waals surface area contributed by atoms with E-state index in [0.29, 0.717) is 39.0 Å².